The zero-order chi connectivity index (χ0) is 15.5. The lowest BCUT2D eigenvalue weighted by Gasteiger charge is -2.36. The second-order valence-electron chi connectivity index (χ2n) is 6.55. The van der Waals surface area contributed by atoms with Gasteiger partial charge in [-0.1, -0.05) is 18.9 Å². The molecule has 0 bridgehead atoms. The van der Waals surface area contributed by atoms with E-state index in [-0.39, 0.29) is 11.9 Å². The van der Waals surface area contributed by atoms with E-state index in [1.165, 1.54) is 18.4 Å². The fraction of sp³-hybridized carbons (Fsp3) is 0.611. The molecular weight excluding hydrogens is 276 g/mol. The number of likely N-dealkylation sites (tertiary alicyclic amines) is 1. The zero-order valence-electron chi connectivity index (χ0n) is 13.7. The maximum atomic E-state index is 12.6. The third-order valence-electron chi connectivity index (χ3n) is 4.84. The van der Waals surface area contributed by atoms with Crippen molar-refractivity contribution >= 4 is 11.6 Å². The Balaban J connectivity index is 1.66. The average Bonchev–Trinajstić information content (AvgIpc) is 2.79. The van der Waals surface area contributed by atoms with Crippen LogP contribution in [0.3, 0.4) is 0 Å². The van der Waals surface area contributed by atoms with E-state index in [4.69, 9.17) is 4.74 Å². The SMILES string of the molecule is Cc1ccc2c(c1)OCC(CC(=O)N1CCCCCC1)N2C. The molecule has 0 radical (unpaired) electrons. The molecule has 1 fully saturated rings. The van der Waals surface area contributed by atoms with Gasteiger partial charge in [0, 0.05) is 20.1 Å². The Hall–Kier alpha value is -1.71. The van der Waals surface area contributed by atoms with Gasteiger partial charge in [-0.25, -0.2) is 0 Å². The first-order valence-corrected chi connectivity index (χ1v) is 8.39. The number of aryl methyl sites for hydroxylation is 1. The molecule has 1 aromatic rings. The number of carbonyl (C=O) groups excluding carboxylic acids is 1. The number of benzene rings is 1. The van der Waals surface area contributed by atoms with Crippen molar-refractivity contribution in [2.45, 2.75) is 45.1 Å². The first-order valence-electron chi connectivity index (χ1n) is 8.39. The monoisotopic (exact) mass is 302 g/mol. The van der Waals surface area contributed by atoms with Gasteiger partial charge in [0.1, 0.15) is 12.4 Å². The van der Waals surface area contributed by atoms with Crippen molar-refractivity contribution in [2.75, 3.05) is 31.6 Å². The van der Waals surface area contributed by atoms with E-state index < -0.39 is 0 Å². The van der Waals surface area contributed by atoms with Crippen molar-refractivity contribution < 1.29 is 9.53 Å². The lowest BCUT2D eigenvalue weighted by molar-refractivity contribution is -0.131. The molecule has 1 atom stereocenters. The maximum absolute atomic E-state index is 12.6. The quantitative estimate of drug-likeness (QED) is 0.842. The Bertz CT molecular complexity index is 536. The predicted octanol–water partition coefficient (Wildman–Crippen LogP) is 2.98. The highest BCUT2D eigenvalue weighted by atomic mass is 16.5. The normalized spacial score (nSPS) is 21.8. The number of ether oxygens (including phenoxy) is 1. The van der Waals surface area contributed by atoms with Gasteiger partial charge in [-0.2, -0.15) is 0 Å². The second kappa shape index (κ2) is 6.59. The minimum absolute atomic E-state index is 0.131. The van der Waals surface area contributed by atoms with Crippen molar-refractivity contribution in [3.63, 3.8) is 0 Å². The van der Waals surface area contributed by atoms with E-state index in [1.807, 2.05) is 4.90 Å². The predicted molar refractivity (Wildman–Crippen MR) is 88.5 cm³/mol. The van der Waals surface area contributed by atoms with Crippen LogP contribution < -0.4 is 9.64 Å². The number of anilines is 1. The molecule has 1 aromatic carbocycles. The van der Waals surface area contributed by atoms with Gasteiger partial charge in [0.05, 0.1) is 18.2 Å². The van der Waals surface area contributed by atoms with Gasteiger partial charge in [-0.3, -0.25) is 4.79 Å². The Morgan fingerprint density at radius 1 is 1.23 bits per heavy atom. The van der Waals surface area contributed by atoms with E-state index in [9.17, 15) is 4.79 Å². The second-order valence-corrected chi connectivity index (χ2v) is 6.55. The summed E-state index contributed by atoms with van der Waals surface area (Å²) in [6.45, 7) is 4.50. The molecule has 1 unspecified atom stereocenters. The summed E-state index contributed by atoms with van der Waals surface area (Å²) in [5, 5.41) is 0. The maximum Gasteiger partial charge on any atom is 0.224 e. The van der Waals surface area contributed by atoms with E-state index in [0.717, 1.165) is 37.4 Å². The van der Waals surface area contributed by atoms with Crippen molar-refractivity contribution in [3.05, 3.63) is 23.8 Å². The lowest BCUT2D eigenvalue weighted by atomic mass is 10.1. The summed E-state index contributed by atoms with van der Waals surface area (Å²) in [7, 11) is 2.07. The molecule has 0 N–H and O–H groups in total. The van der Waals surface area contributed by atoms with Crippen molar-refractivity contribution in [1.29, 1.82) is 0 Å². The zero-order valence-corrected chi connectivity index (χ0v) is 13.7. The first-order chi connectivity index (χ1) is 10.6. The largest absolute Gasteiger partial charge is 0.489 e. The number of nitrogens with zero attached hydrogens (tertiary/aromatic N) is 2. The minimum Gasteiger partial charge on any atom is -0.489 e. The molecule has 2 heterocycles. The summed E-state index contributed by atoms with van der Waals surface area (Å²) in [4.78, 5) is 16.8. The van der Waals surface area contributed by atoms with Crippen LogP contribution in [0.25, 0.3) is 0 Å². The van der Waals surface area contributed by atoms with Gasteiger partial charge in [0.25, 0.3) is 0 Å². The molecule has 0 aromatic heterocycles. The van der Waals surface area contributed by atoms with E-state index >= 15 is 0 Å². The lowest BCUT2D eigenvalue weighted by Crippen LogP contribution is -2.45. The van der Waals surface area contributed by atoms with Crippen LogP contribution in [0.2, 0.25) is 0 Å². The van der Waals surface area contributed by atoms with Crippen LogP contribution in [-0.4, -0.2) is 43.6 Å². The van der Waals surface area contributed by atoms with Crippen LogP contribution in [0.1, 0.15) is 37.7 Å². The molecule has 120 valence electrons. The molecule has 2 aliphatic heterocycles. The van der Waals surface area contributed by atoms with Gasteiger partial charge in [0.2, 0.25) is 5.91 Å². The molecule has 4 nitrogen and oxygen atoms in total. The van der Waals surface area contributed by atoms with Gasteiger partial charge in [-0.15, -0.1) is 0 Å². The highest BCUT2D eigenvalue weighted by Crippen LogP contribution is 2.34. The third kappa shape index (κ3) is 3.21. The van der Waals surface area contributed by atoms with Crippen molar-refractivity contribution in [3.8, 4) is 5.75 Å². The molecule has 2 aliphatic rings. The molecule has 0 aliphatic carbocycles. The van der Waals surface area contributed by atoms with Gasteiger partial charge < -0.3 is 14.5 Å². The van der Waals surface area contributed by atoms with Crippen LogP contribution in [0.15, 0.2) is 18.2 Å². The summed E-state index contributed by atoms with van der Waals surface area (Å²) in [6.07, 6.45) is 5.34. The average molecular weight is 302 g/mol. The molecule has 0 saturated carbocycles. The van der Waals surface area contributed by atoms with E-state index in [2.05, 4.69) is 37.1 Å². The highest BCUT2D eigenvalue weighted by Gasteiger charge is 2.28. The smallest absolute Gasteiger partial charge is 0.224 e. The Morgan fingerprint density at radius 3 is 2.68 bits per heavy atom. The number of hydrogen-bond acceptors (Lipinski definition) is 3. The van der Waals surface area contributed by atoms with Crippen molar-refractivity contribution in [2.24, 2.45) is 0 Å². The summed E-state index contributed by atoms with van der Waals surface area (Å²) in [5.74, 6) is 1.21. The van der Waals surface area contributed by atoms with Crippen LogP contribution in [0.5, 0.6) is 5.75 Å². The molecule has 22 heavy (non-hydrogen) atoms. The van der Waals surface area contributed by atoms with Crippen LogP contribution in [0, 0.1) is 6.92 Å². The highest BCUT2D eigenvalue weighted by molar-refractivity contribution is 5.78. The van der Waals surface area contributed by atoms with Gasteiger partial charge >= 0.3 is 0 Å². The number of rotatable bonds is 2. The van der Waals surface area contributed by atoms with Crippen LogP contribution >= 0.6 is 0 Å². The van der Waals surface area contributed by atoms with Crippen LogP contribution in [-0.2, 0) is 4.79 Å². The summed E-state index contributed by atoms with van der Waals surface area (Å²) < 4.78 is 5.89. The molecule has 3 rings (SSSR count). The molecule has 1 amide bonds. The summed E-state index contributed by atoms with van der Waals surface area (Å²) in [6, 6.07) is 6.38. The van der Waals surface area contributed by atoms with E-state index in [1.54, 1.807) is 0 Å². The number of carbonyl (C=O) groups is 1. The molecular formula is C18H26N2O2. The topological polar surface area (TPSA) is 32.8 Å². The fourth-order valence-electron chi connectivity index (χ4n) is 3.37. The first kappa shape index (κ1) is 15.2. The fourth-order valence-corrected chi connectivity index (χ4v) is 3.37. The number of fused-ring (bicyclic) bond motifs is 1. The van der Waals surface area contributed by atoms with E-state index in [0.29, 0.717) is 13.0 Å². The molecule has 1 saturated heterocycles. The van der Waals surface area contributed by atoms with Gasteiger partial charge in [-0.05, 0) is 37.5 Å². The minimum atomic E-state index is 0.131. The van der Waals surface area contributed by atoms with Crippen LogP contribution in [0.4, 0.5) is 5.69 Å². The summed E-state index contributed by atoms with van der Waals surface area (Å²) in [5.41, 5.74) is 2.29. The number of amides is 1. The standard InChI is InChI=1S/C18H26N2O2/c1-14-7-8-16-17(11-14)22-13-15(19(16)2)12-18(21)20-9-5-3-4-6-10-20/h7-8,11,15H,3-6,9-10,12-13H2,1-2H3. The summed E-state index contributed by atoms with van der Waals surface area (Å²) >= 11 is 0. The number of likely N-dealkylation sites (N-methyl/N-ethyl adjacent to an activating group) is 1. The molecule has 0 spiro atoms. The van der Waals surface area contributed by atoms with Gasteiger partial charge in [0.15, 0.2) is 0 Å². The third-order valence-corrected chi connectivity index (χ3v) is 4.84. The molecule has 4 heteroatoms. The Morgan fingerprint density at radius 2 is 1.95 bits per heavy atom. The Kier molecular flexibility index (Phi) is 4.55. The Labute approximate surface area is 133 Å². The van der Waals surface area contributed by atoms with Crippen molar-refractivity contribution in [1.82, 2.24) is 4.90 Å². The number of hydrogen-bond donors (Lipinski definition) is 0.